The van der Waals surface area contributed by atoms with Crippen molar-refractivity contribution >= 4 is 17.5 Å². The lowest BCUT2D eigenvalue weighted by Gasteiger charge is -2.19. The van der Waals surface area contributed by atoms with Gasteiger partial charge in [-0.3, -0.25) is 9.59 Å². The average molecular weight is 346 g/mol. The zero-order valence-corrected chi connectivity index (χ0v) is 13.9. The number of nitrogens with one attached hydrogen (secondary N) is 2. The normalized spacial score (nSPS) is 11.4. The molecular weight excluding hydrogens is 328 g/mol. The van der Waals surface area contributed by atoms with Crippen molar-refractivity contribution in [2.45, 2.75) is 6.04 Å². The van der Waals surface area contributed by atoms with Gasteiger partial charge < -0.3 is 15.7 Å². The molecule has 3 aromatic carbocycles. The van der Waals surface area contributed by atoms with Crippen LogP contribution in [0.25, 0.3) is 0 Å². The van der Waals surface area contributed by atoms with Gasteiger partial charge in [0.2, 0.25) is 0 Å². The number of hydrogen-bond acceptors (Lipinski definition) is 3. The number of amides is 2. The molecule has 3 aromatic rings. The standard InChI is InChI=1S/C21H18N2O3/c24-18-13-7-12-17(14-18)22-21(26)19(15-8-3-1-4-9-15)23-20(25)16-10-5-2-6-11-16/h1-14,19,24H,(H,22,26)(H,23,25). The molecule has 0 saturated heterocycles. The Bertz CT molecular complexity index is 895. The third-order valence-corrected chi connectivity index (χ3v) is 3.82. The van der Waals surface area contributed by atoms with E-state index in [1.54, 1.807) is 60.7 Å². The third-order valence-electron chi connectivity index (χ3n) is 3.82. The molecule has 0 aliphatic carbocycles. The molecule has 26 heavy (non-hydrogen) atoms. The van der Waals surface area contributed by atoms with Gasteiger partial charge in [-0.2, -0.15) is 0 Å². The minimum atomic E-state index is -0.869. The second-order valence-corrected chi connectivity index (χ2v) is 5.72. The quantitative estimate of drug-likeness (QED) is 0.661. The lowest BCUT2D eigenvalue weighted by molar-refractivity contribution is -0.118. The van der Waals surface area contributed by atoms with Gasteiger partial charge in [0.05, 0.1) is 0 Å². The van der Waals surface area contributed by atoms with Crippen molar-refractivity contribution in [3.05, 3.63) is 96.1 Å². The van der Waals surface area contributed by atoms with E-state index in [1.165, 1.54) is 12.1 Å². The maximum Gasteiger partial charge on any atom is 0.252 e. The van der Waals surface area contributed by atoms with E-state index >= 15 is 0 Å². The summed E-state index contributed by atoms with van der Waals surface area (Å²) in [6, 6.07) is 23.1. The minimum Gasteiger partial charge on any atom is -0.508 e. The van der Waals surface area contributed by atoms with Gasteiger partial charge in [0, 0.05) is 17.3 Å². The highest BCUT2D eigenvalue weighted by atomic mass is 16.3. The van der Waals surface area contributed by atoms with Crippen LogP contribution in [0.2, 0.25) is 0 Å². The number of phenolic OH excluding ortho intramolecular Hbond substituents is 1. The highest BCUT2D eigenvalue weighted by Crippen LogP contribution is 2.19. The Labute approximate surface area is 151 Å². The zero-order valence-electron chi connectivity index (χ0n) is 13.9. The number of phenols is 1. The molecule has 130 valence electrons. The van der Waals surface area contributed by atoms with E-state index in [0.717, 1.165) is 0 Å². The predicted molar refractivity (Wildman–Crippen MR) is 99.8 cm³/mol. The molecule has 0 heterocycles. The first-order valence-corrected chi connectivity index (χ1v) is 8.14. The van der Waals surface area contributed by atoms with Crippen molar-refractivity contribution in [2.75, 3.05) is 5.32 Å². The van der Waals surface area contributed by atoms with E-state index in [1.807, 2.05) is 12.1 Å². The molecular formula is C21H18N2O3. The molecule has 2 amide bonds. The van der Waals surface area contributed by atoms with Gasteiger partial charge >= 0.3 is 0 Å². The maximum absolute atomic E-state index is 12.8. The molecule has 3 N–H and O–H groups in total. The third kappa shape index (κ3) is 4.27. The summed E-state index contributed by atoms with van der Waals surface area (Å²) in [7, 11) is 0. The fraction of sp³-hybridized carbons (Fsp3) is 0.0476. The summed E-state index contributed by atoms with van der Waals surface area (Å²) in [5, 5.41) is 15.0. The van der Waals surface area contributed by atoms with E-state index in [0.29, 0.717) is 16.8 Å². The van der Waals surface area contributed by atoms with Crippen LogP contribution in [0, 0.1) is 0 Å². The SMILES string of the molecule is O=C(NC(C(=O)Nc1cccc(O)c1)c1ccccc1)c1ccccc1. The van der Waals surface area contributed by atoms with Crippen molar-refractivity contribution in [1.82, 2.24) is 5.32 Å². The summed E-state index contributed by atoms with van der Waals surface area (Å²) < 4.78 is 0. The molecule has 0 radical (unpaired) electrons. The fourth-order valence-corrected chi connectivity index (χ4v) is 2.55. The lowest BCUT2D eigenvalue weighted by Crippen LogP contribution is -2.37. The number of anilines is 1. The van der Waals surface area contributed by atoms with Crippen LogP contribution in [0.3, 0.4) is 0 Å². The molecule has 1 atom stereocenters. The van der Waals surface area contributed by atoms with Gasteiger partial charge in [-0.15, -0.1) is 0 Å². The highest BCUT2D eigenvalue weighted by Gasteiger charge is 2.23. The summed E-state index contributed by atoms with van der Waals surface area (Å²) in [6.45, 7) is 0. The Morgan fingerprint density at radius 3 is 2.12 bits per heavy atom. The maximum atomic E-state index is 12.8. The van der Waals surface area contributed by atoms with Crippen LogP contribution in [-0.2, 0) is 4.79 Å². The summed E-state index contributed by atoms with van der Waals surface area (Å²) in [5.74, 6) is -0.691. The molecule has 0 aromatic heterocycles. The van der Waals surface area contributed by atoms with Crippen LogP contribution < -0.4 is 10.6 Å². The topological polar surface area (TPSA) is 78.4 Å². The number of aromatic hydroxyl groups is 1. The Morgan fingerprint density at radius 1 is 0.808 bits per heavy atom. The van der Waals surface area contributed by atoms with Gasteiger partial charge in [0.1, 0.15) is 11.8 Å². The van der Waals surface area contributed by atoms with Crippen molar-refractivity contribution < 1.29 is 14.7 Å². The zero-order chi connectivity index (χ0) is 18.4. The lowest BCUT2D eigenvalue weighted by atomic mass is 10.1. The van der Waals surface area contributed by atoms with Crippen LogP contribution in [0.4, 0.5) is 5.69 Å². The van der Waals surface area contributed by atoms with E-state index in [2.05, 4.69) is 10.6 Å². The van der Waals surface area contributed by atoms with Gasteiger partial charge in [0.25, 0.3) is 11.8 Å². The fourth-order valence-electron chi connectivity index (χ4n) is 2.55. The summed E-state index contributed by atoms with van der Waals surface area (Å²) >= 11 is 0. The molecule has 5 nitrogen and oxygen atoms in total. The summed E-state index contributed by atoms with van der Waals surface area (Å²) in [5.41, 5.74) is 1.58. The van der Waals surface area contributed by atoms with Crippen LogP contribution >= 0.6 is 0 Å². The Kier molecular flexibility index (Phi) is 5.29. The summed E-state index contributed by atoms with van der Waals surface area (Å²) in [6.07, 6.45) is 0. The number of carbonyl (C=O) groups is 2. The molecule has 5 heteroatoms. The van der Waals surface area contributed by atoms with Crippen molar-refractivity contribution in [3.63, 3.8) is 0 Å². The number of rotatable bonds is 5. The smallest absolute Gasteiger partial charge is 0.252 e. The number of carbonyl (C=O) groups excluding carboxylic acids is 2. The first-order chi connectivity index (χ1) is 12.6. The number of hydrogen-bond donors (Lipinski definition) is 3. The van der Waals surface area contributed by atoms with Crippen LogP contribution in [0.15, 0.2) is 84.9 Å². The van der Waals surface area contributed by atoms with E-state index in [9.17, 15) is 14.7 Å². The predicted octanol–water partition coefficient (Wildman–Crippen LogP) is 3.50. The van der Waals surface area contributed by atoms with E-state index in [-0.39, 0.29) is 11.7 Å². The highest BCUT2D eigenvalue weighted by molar-refractivity contribution is 6.01. The molecule has 1 unspecified atom stereocenters. The monoisotopic (exact) mass is 346 g/mol. The largest absolute Gasteiger partial charge is 0.508 e. The molecule has 0 bridgehead atoms. The van der Waals surface area contributed by atoms with Gasteiger partial charge in [0.15, 0.2) is 0 Å². The Morgan fingerprint density at radius 2 is 1.46 bits per heavy atom. The molecule has 0 spiro atoms. The van der Waals surface area contributed by atoms with Crippen molar-refractivity contribution in [1.29, 1.82) is 0 Å². The molecule has 0 aliphatic heterocycles. The molecule has 0 fully saturated rings. The van der Waals surface area contributed by atoms with Gasteiger partial charge in [-0.05, 0) is 29.8 Å². The Hall–Kier alpha value is -3.60. The first-order valence-electron chi connectivity index (χ1n) is 8.14. The van der Waals surface area contributed by atoms with Crippen molar-refractivity contribution in [2.24, 2.45) is 0 Å². The average Bonchev–Trinajstić information content (AvgIpc) is 2.67. The summed E-state index contributed by atoms with van der Waals surface area (Å²) in [4.78, 5) is 25.3. The second-order valence-electron chi connectivity index (χ2n) is 5.72. The van der Waals surface area contributed by atoms with Gasteiger partial charge in [-0.25, -0.2) is 0 Å². The van der Waals surface area contributed by atoms with Crippen LogP contribution in [-0.4, -0.2) is 16.9 Å². The van der Waals surface area contributed by atoms with Gasteiger partial charge in [-0.1, -0.05) is 54.6 Å². The molecule has 3 rings (SSSR count). The second kappa shape index (κ2) is 7.98. The van der Waals surface area contributed by atoms with Crippen LogP contribution in [0.1, 0.15) is 22.0 Å². The number of benzene rings is 3. The Balaban J connectivity index is 1.84. The van der Waals surface area contributed by atoms with Crippen molar-refractivity contribution in [3.8, 4) is 5.75 Å². The molecule has 0 aliphatic rings. The van der Waals surface area contributed by atoms with Crippen LogP contribution in [0.5, 0.6) is 5.75 Å². The molecule has 0 saturated carbocycles. The first kappa shape index (κ1) is 17.2. The van der Waals surface area contributed by atoms with E-state index in [4.69, 9.17) is 0 Å². The van der Waals surface area contributed by atoms with E-state index < -0.39 is 11.9 Å². The minimum absolute atomic E-state index is 0.0485.